The normalized spacial score (nSPS) is 11.9. The summed E-state index contributed by atoms with van der Waals surface area (Å²) in [4.78, 5) is 21.9. The van der Waals surface area contributed by atoms with Gasteiger partial charge in [0, 0.05) is 5.57 Å². The third kappa shape index (κ3) is 4.64. The van der Waals surface area contributed by atoms with E-state index in [0.29, 0.717) is 12.0 Å². The van der Waals surface area contributed by atoms with Gasteiger partial charge >= 0.3 is 5.97 Å². The van der Waals surface area contributed by atoms with Crippen molar-refractivity contribution in [3.63, 3.8) is 0 Å². The Kier molecular flexibility index (Phi) is 5.60. The van der Waals surface area contributed by atoms with E-state index in [0.717, 1.165) is 12.8 Å². The molecular weight excluding hydrogens is 182 g/mol. The first-order valence-electron chi connectivity index (χ1n) is 4.68. The Morgan fingerprint density at radius 2 is 2.07 bits per heavy atom. The van der Waals surface area contributed by atoms with Crippen molar-refractivity contribution in [2.45, 2.75) is 39.2 Å². The van der Waals surface area contributed by atoms with E-state index in [1.165, 1.54) is 0 Å². The van der Waals surface area contributed by atoms with Gasteiger partial charge in [-0.25, -0.2) is 4.79 Å². The lowest BCUT2D eigenvalue weighted by atomic mass is 10.1. The van der Waals surface area contributed by atoms with Crippen LogP contribution in [-0.4, -0.2) is 23.0 Å². The van der Waals surface area contributed by atoms with Gasteiger partial charge in [-0.3, -0.25) is 4.79 Å². The average Bonchev–Trinajstić information content (AvgIpc) is 2.10. The van der Waals surface area contributed by atoms with E-state index in [9.17, 15) is 9.59 Å². The molecule has 0 heterocycles. The second-order valence-corrected chi connectivity index (χ2v) is 3.29. The highest BCUT2D eigenvalue weighted by atomic mass is 16.4. The molecule has 1 amide bonds. The van der Waals surface area contributed by atoms with E-state index in [4.69, 9.17) is 5.11 Å². The molecule has 0 radical (unpaired) electrons. The Bertz CT molecular complexity index is 236. The van der Waals surface area contributed by atoms with Gasteiger partial charge < -0.3 is 10.4 Å². The van der Waals surface area contributed by atoms with E-state index in [-0.39, 0.29) is 0 Å². The lowest BCUT2D eigenvalue weighted by molar-refractivity contribution is -0.141. The van der Waals surface area contributed by atoms with Crippen LogP contribution in [0.25, 0.3) is 0 Å². The molecule has 0 fully saturated rings. The van der Waals surface area contributed by atoms with E-state index in [2.05, 4.69) is 11.9 Å². The number of hydrogen-bond donors (Lipinski definition) is 2. The van der Waals surface area contributed by atoms with Gasteiger partial charge in [0.1, 0.15) is 6.04 Å². The maximum absolute atomic E-state index is 11.1. The zero-order valence-corrected chi connectivity index (χ0v) is 8.67. The molecule has 0 aromatic heterocycles. The van der Waals surface area contributed by atoms with Crippen molar-refractivity contribution in [3.05, 3.63) is 12.2 Å². The minimum absolute atomic E-state index is 0.327. The number of aliphatic carboxylic acids is 1. The first kappa shape index (κ1) is 12.7. The molecule has 0 aromatic rings. The van der Waals surface area contributed by atoms with Gasteiger partial charge in [-0.1, -0.05) is 26.3 Å². The molecule has 4 heteroatoms. The minimum Gasteiger partial charge on any atom is -0.480 e. The van der Waals surface area contributed by atoms with Crippen molar-refractivity contribution in [1.82, 2.24) is 5.32 Å². The molecule has 14 heavy (non-hydrogen) atoms. The molecule has 2 N–H and O–H groups in total. The fourth-order valence-electron chi connectivity index (χ4n) is 0.947. The van der Waals surface area contributed by atoms with E-state index in [1.54, 1.807) is 6.92 Å². The van der Waals surface area contributed by atoms with Gasteiger partial charge in [-0.2, -0.15) is 0 Å². The minimum atomic E-state index is -0.993. The van der Waals surface area contributed by atoms with Gasteiger partial charge in [0.2, 0.25) is 5.91 Å². The third-order valence-corrected chi connectivity index (χ3v) is 1.84. The molecule has 0 aliphatic rings. The maximum atomic E-state index is 11.1. The Morgan fingerprint density at radius 1 is 1.50 bits per heavy atom. The van der Waals surface area contributed by atoms with E-state index in [1.807, 2.05) is 6.92 Å². The smallest absolute Gasteiger partial charge is 0.326 e. The largest absolute Gasteiger partial charge is 0.480 e. The van der Waals surface area contributed by atoms with Crippen molar-refractivity contribution in [2.75, 3.05) is 0 Å². The molecule has 0 aliphatic carbocycles. The third-order valence-electron chi connectivity index (χ3n) is 1.84. The number of unbranched alkanes of at least 4 members (excludes halogenated alkanes) is 1. The Labute approximate surface area is 84.0 Å². The van der Waals surface area contributed by atoms with Gasteiger partial charge in [0.15, 0.2) is 0 Å². The summed E-state index contributed by atoms with van der Waals surface area (Å²) in [5.41, 5.74) is 0.327. The molecule has 0 saturated heterocycles. The molecule has 0 spiro atoms. The van der Waals surface area contributed by atoms with Crippen molar-refractivity contribution >= 4 is 11.9 Å². The SMILES string of the molecule is C=C(C)C(=O)NC(CCCC)C(=O)O. The van der Waals surface area contributed by atoms with Gasteiger partial charge in [0.05, 0.1) is 0 Å². The van der Waals surface area contributed by atoms with Crippen LogP contribution in [0.2, 0.25) is 0 Å². The standard InChI is InChI=1S/C10H17NO3/c1-4-5-6-8(10(13)14)11-9(12)7(2)3/h8H,2,4-6H2,1,3H3,(H,11,12)(H,13,14). The van der Waals surface area contributed by atoms with Crippen LogP contribution in [-0.2, 0) is 9.59 Å². The Hall–Kier alpha value is -1.32. The molecule has 1 unspecified atom stereocenters. The predicted molar refractivity (Wildman–Crippen MR) is 53.9 cm³/mol. The summed E-state index contributed by atoms with van der Waals surface area (Å²) in [6, 6.07) is -0.792. The summed E-state index contributed by atoms with van der Waals surface area (Å²) < 4.78 is 0. The van der Waals surface area contributed by atoms with E-state index < -0.39 is 17.9 Å². The van der Waals surface area contributed by atoms with Crippen LogP contribution in [0.1, 0.15) is 33.1 Å². The lowest BCUT2D eigenvalue weighted by Gasteiger charge is -2.13. The summed E-state index contributed by atoms with van der Waals surface area (Å²) in [5, 5.41) is 11.2. The predicted octanol–water partition coefficient (Wildman–Crippen LogP) is 1.32. The van der Waals surface area contributed by atoms with Crippen LogP contribution >= 0.6 is 0 Å². The number of carbonyl (C=O) groups excluding carboxylic acids is 1. The highest BCUT2D eigenvalue weighted by molar-refractivity contribution is 5.94. The van der Waals surface area contributed by atoms with Crippen LogP contribution < -0.4 is 5.32 Å². The van der Waals surface area contributed by atoms with Gasteiger partial charge in [-0.05, 0) is 13.3 Å². The number of carboxylic acid groups (broad SMARTS) is 1. The van der Waals surface area contributed by atoms with Crippen LogP contribution in [0, 0.1) is 0 Å². The van der Waals surface area contributed by atoms with Crippen molar-refractivity contribution < 1.29 is 14.7 Å². The zero-order valence-electron chi connectivity index (χ0n) is 8.67. The Morgan fingerprint density at radius 3 is 2.43 bits per heavy atom. The number of rotatable bonds is 6. The quantitative estimate of drug-likeness (QED) is 0.634. The van der Waals surface area contributed by atoms with Crippen LogP contribution in [0.15, 0.2) is 12.2 Å². The molecule has 4 nitrogen and oxygen atoms in total. The topological polar surface area (TPSA) is 66.4 Å². The first-order chi connectivity index (χ1) is 6.49. The van der Waals surface area contributed by atoms with E-state index >= 15 is 0 Å². The lowest BCUT2D eigenvalue weighted by Crippen LogP contribution is -2.40. The number of amides is 1. The summed E-state index contributed by atoms with van der Waals surface area (Å²) in [6.07, 6.45) is 2.16. The molecule has 1 atom stereocenters. The molecule has 0 saturated carbocycles. The molecule has 0 bridgehead atoms. The second-order valence-electron chi connectivity index (χ2n) is 3.29. The summed E-state index contributed by atoms with van der Waals surface area (Å²) in [5.74, 6) is -1.39. The van der Waals surface area contributed by atoms with Crippen molar-refractivity contribution in [3.8, 4) is 0 Å². The fourth-order valence-corrected chi connectivity index (χ4v) is 0.947. The zero-order chi connectivity index (χ0) is 11.1. The second kappa shape index (κ2) is 6.18. The van der Waals surface area contributed by atoms with Crippen molar-refractivity contribution in [2.24, 2.45) is 0 Å². The molecule has 80 valence electrons. The monoisotopic (exact) mass is 199 g/mol. The number of carboxylic acids is 1. The maximum Gasteiger partial charge on any atom is 0.326 e. The highest BCUT2D eigenvalue weighted by Crippen LogP contribution is 2.01. The molecule has 0 aromatic carbocycles. The van der Waals surface area contributed by atoms with Crippen LogP contribution in [0.4, 0.5) is 0 Å². The van der Waals surface area contributed by atoms with Crippen LogP contribution in [0.5, 0.6) is 0 Å². The number of nitrogens with one attached hydrogen (secondary N) is 1. The van der Waals surface area contributed by atoms with Gasteiger partial charge in [0.25, 0.3) is 0 Å². The molecule has 0 aliphatic heterocycles. The number of hydrogen-bond acceptors (Lipinski definition) is 2. The Balaban J connectivity index is 4.16. The highest BCUT2D eigenvalue weighted by Gasteiger charge is 2.18. The van der Waals surface area contributed by atoms with Gasteiger partial charge in [-0.15, -0.1) is 0 Å². The summed E-state index contributed by atoms with van der Waals surface area (Å²) >= 11 is 0. The molecular formula is C10H17NO3. The first-order valence-corrected chi connectivity index (χ1v) is 4.68. The summed E-state index contributed by atoms with van der Waals surface area (Å²) in [6.45, 7) is 6.96. The molecule has 0 rings (SSSR count). The number of carbonyl (C=O) groups is 2. The summed E-state index contributed by atoms with van der Waals surface area (Å²) in [7, 11) is 0. The average molecular weight is 199 g/mol. The fraction of sp³-hybridized carbons (Fsp3) is 0.600. The van der Waals surface area contributed by atoms with Crippen molar-refractivity contribution in [1.29, 1.82) is 0 Å². The van der Waals surface area contributed by atoms with Crippen LogP contribution in [0.3, 0.4) is 0 Å².